The first-order valence-corrected chi connectivity index (χ1v) is 23.3. The summed E-state index contributed by atoms with van der Waals surface area (Å²) in [6.45, 7) is 12.0. The molecule has 8 unspecified atom stereocenters. The molecule has 8 atom stereocenters. The molecule has 0 aliphatic heterocycles. The van der Waals surface area contributed by atoms with Gasteiger partial charge in [-0.1, -0.05) is 34.1 Å². The van der Waals surface area contributed by atoms with Crippen LogP contribution in [0.15, 0.2) is 0 Å². The smallest absolute Gasteiger partial charge is 0.404 e. The second-order valence-corrected chi connectivity index (χ2v) is 22.2. The predicted molar refractivity (Wildman–Crippen MR) is 217 cm³/mol. The summed E-state index contributed by atoms with van der Waals surface area (Å²) in [5, 5.41) is 21.2. The summed E-state index contributed by atoms with van der Waals surface area (Å²) in [5.74, 6) is -0.274. The van der Waals surface area contributed by atoms with Gasteiger partial charge >= 0.3 is 30.5 Å². The van der Waals surface area contributed by atoms with Gasteiger partial charge in [-0.3, -0.25) is 9.59 Å². The number of ether oxygens (including phenoxy) is 3. The van der Waals surface area contributed by atoms with Gasteiger partial charge in [0.2, 0.25) is 0 Å². The van der Waals surface area contributed by atoms with E-state index in [1.54, 1.807) is 7.11 Å². The van der Waals surface area contributed by atoms with E-state index >= 15 is 0 Å². The van der Waals surface area contributed by atoms with E-state index in [0.717, 1.165) is 65.2 Å². The van der Waals surface area contributed by atoms with Crippen molar-refractivity contribution in [2.75, 3.05) is 7.11 Å². The summed E-state index contributed by atoms with van der Waals surface area (Å²) in [5.41, 5.74) is -10.5. The van der Waals surface area contributed by atoms with Gasteiger partial charge in [-0.2, -0.15) is 39.5 Å². The first-order valence-electron chi connectivity index (χ1n) is 23.3. The molecular weight excluding hydrogens is 847 g/mol. The average Bonchev–Trinajstić information content (AvgIpc) is 3.75. The Hall–Kier alpha value is -1.81. The minimum Gasteiger partial charge on any atom is -0.458 e. The number of methoxy groups -OCH3 is 1. The summed E-state index contributed by atoms with van der Waals surface area (Å²) in [6.07, 6.45) is -2.24. The average molecular weight is 921 g/mol. The zero-order chi connectivity index (χ0) is 47.6. The molecule has 0 aromatic carbocycles. The number of fused-ring (bicyclic) bond motifs is 2. The van der Waals surface area contributed by atoms with Crippen LogP contribution in [0.3, 0.4) is 0 Å². The number of hydrogen-bond acceptors (Lipinski definition) is 7. The SMILES string of the molecule is CC1(C(F)(F)F)CC2CCC1C2.CCC(C)(C(=O)OC1(C)C2CC3CC(C2)CC1C3)C(F)(F)F.CCC(C)(C(=O)OC12CC3CC(O)(CC(O)(C3)C1)C2)C(F)(F)F.CCC(C)OC. The first kappa shape index (κ1) is 52.2. The molecule has 0 radical (unpaired) electrons. The lowest BCUT2D eigenvalue weighted by Gasteiger charge is -2.62. The summed E-state index contributed by atoms with van der Waals surface area (Å²) < 4.78 is 133. The van der Waals surface area contributed by atoms with E-state index in [0.29, 0.717) is 49.5 Å². The Labute approximate surface area is 367 Å². The molecule has 0 aromatic heterocycles. The Morgan fingerprint density at radius 2 is 1.06 bits per heavy atom. The van der Waals surface area contributed by atoms with Crippen molar-refractivity contribution >= 4 is 11.9 Å². The molecule has 10 bridgehead atoms. The third-order valence-electron chi connectivity index (χ3n) is 17.7. The molecule has 0 aromatic rings. The molecule has 7 nitrogen and oxygen atoms in total. The Kier molecular flexibility index (Phi) is 14.6. The van der Waals surface area contributed by atoms with Gasteiger partial charge in [0.25, 0.3) is 0 Å². The van der Waals surface area contributed by atoms with E-state index in [2.05, 4.69) is 13.8 Å². The van der Waals surface area contributed by atoms with Crippen LogP contribution in [-0.2, 0) is 23.8 Å². The highest BCUT2D eigenvalue weighted by atomic mass is 19.4. The molecule has 0 amide bonds. The number of rotatable bonds is 8. The van der Waals surface area contributed by atoms with Crippen molar-refractivity contribution in [3.63, 3.8) is 0 Å². The van der Waals surface area contributed by atoms with E-state index < -0.39 is 75.5 Å². The highest BCUT2D eigenvalue weighted by Gasteiger charge is 2.67. The third-order valence-corrected chi connectivity index (χ3v) is 17.7. The van der Waals surface area contributed by atoms with E-state index in [1.165, 1.54) is 27.2 Å². The zero-order valence-corrected chi connectivity index (χ0v) is 38.7. The fraction of sp³-hybridized carbons (Fsp3) is 0.957. The van der Waals surface area contributed by atoms with Gasteiger partial charge in [0, 0.05) is 26.4 Å². The third kappa shape index (κ3) is 10.1. The second kappa shape index (κ2) is 17.7. The van der Waals surface area contributed by atoms with Crippen molar-refractivity contribution in [1.29, 1.82) is 0 Å². The van der Waals surface area contributed by atoms with Crippen LogP contribution >= 0.6 is 0 Å². The van der Waals surface area contributed by atoms with Crippen LogP contribution in [0.1, 0.15) is 171 Å². The number of alkyl halides is 9. The van der Waals surface area contributed by atoms with Gasteiger partial charge < -0.3 is 24.4 Å². The predicted octanol–water partition coefficient (Wildman–Crippen LogP) is 12.2. The Balaban J connectivity index is 0.000000173. The van der Waals surface area contributed by atoms with Crippen LogP contribution in [0.5, 0.6) is 0 Å². The molecule has 10 rings (SSSR count). The van der Waals surface area contributed by atoms with Gasteiger partial charge in [-0.25, -0.2) is 0 Å². The fourth-order valence-electron chi connectivity index (χ4n) is 13.3. The molecule has 16 heteroatoms. The monoisotopic (exact) mass is 921 g/mol. The highest BCUT2D eigenvalue weighted by Crippen LogP contribution is 2.64. The maximum atomic E-state index is 13.3. The number of esters is 2. The van der Waals surface area contributed by atoms with Crippen molar-refractivity contribution in [1.82, 2.24) is 0 Å². The molecule has 2 N–H and O–H groups in total. The Morgan fingerprint density at radius 1 is 0.619 bits per heavy atom. The molecule has 0 saturated heterocycles. The van der Waals surface area contributed by atoms with Crippen molar-refractivity contribution in [2.24, 2.45) is 57.7 Å². The molecule has 10 aliphatic carbocycles. The fourth-order valence-corrected chi connectivity index (χ4v) is 13.3. The normalized spacial score (nSPS) is 41.7. The number of aliphatic hydroxyl groups is 2. The van der Waals surface area contributed by atoms with Gasteiger partial charge in [0.05, 0.1) is 22.7 Å². The number of carbonyl (C=O) groups is 2. The van der Waals surface area contributed by atoms with Crippen molar-refractivity contribution < 1.29 is 73.5 Å². The van der Waals surface area contributed by atoms with Crippen LogP contribution in [0, 0.1) is 57.7 Å². The summed E-state index contributed by atoms with van der Waals surface area (Å²) in [4.78, 5) is 24.7. The van der Waals surface area contributed by atoms with Crippen LogP contribution in [0.25, 0.3) is 0 Å². The van der Waals surface area contributed by atoms with Crippen molar-refractivity contribution in [3.05, 3.63) is 0 Å². The van der Waals surface area contributed by atoms with Gasteiger partial charge in [-0.15, -0.1) is 0 Å². The molecule has 63 heavy (non-hydrogen) atoms. The summed E-state index contributed by atoms with van der Waals surface area (Å²) in [6, 6.07) is 0. The van der Waals surface area contributed by atoms with Crippen LogP contribution < -0.4 is 0 Å². The summed E-state index contributed by atoms with van der Waals surface area (Å²) >= 11 is 0. The zero-order valence-electron chi connectivity index (χ0n) is 38.7. The standard InChI is InChI=1S/C17H25F3O2.C16H23F3O4.C9H13F3.C5H12O/c1-4-15(2,17(18,19)20)14(21)22-16(3)12-6-10-5-11(8-12)9-13(16)7-10;1-3-12(2,16(17,18)19)11(20)23-15-6-10-4-13(21,8-15)7-14(22,5-10)9-15;1-8(9(10,11)12)5-6-2-3-7(8)4-6;1-4-5(2)6-3/h10-13H,4-9H2,1-3H3;10,21-22H,3-9H2,1-2H3;6-7H,2-5H2,1H3;5H,4H2,1-3H3. The molecule has 0 spiro atoms. The highest BCUT2D eigenvalue weighted by molar-refractivity contribution is 5.78. The molecule has 0 heterocycles. The second-order valence-electron chi connectivity index (χ2n) is 22.2. The lowest BCUT2D eigenvalue weighted by Crippen LogP contribution is -2.67. The topological polar surface area (TPSA) is 102 Å². The lowest BCUT2D eigenvalue weighted by atomic mass is 9.50. The van der Waals surface area contributed by atoms with Crippen LogP contribution in [-0.4, -0.2) is 76.3 Å². The Morgan fingerprint density at radius 3 is 1.37 bits per heavy atom. The largest absolute Gasteiger partial charge is 0.458 e. The lowest BCUT2D eigenvalue weighted by molar-refractivity contribution is -0.277. The first-order chi connectivity index (χ1) is 28.7. The maximum absolute atomic E-state index is 13.3. The quantitative estimate of drug-likeness (QED) is 0.185. The van der Waals surface area contributed by atoms with E-state index in [-0.39, 0.29) is 49.4 Å². The van der Waals surface area contributed by atoms with E-state index in [9.17, 15) is 59.3 Å². The molecule has 366 valence electrons. The maximum Gasteiger partial charge on any atom is 0.404 e. The van der Waals surface area contributed by atoms with Gasteiger partial charge in [0.15, 0.2) is 10.8 Å². The van der Waals surface area contributed by atoms with Crippen molar-refractivity contribution in [2.45, 2.75) is 218 Å². The molecule has 10 fully saturated rings. The summed E-state index contributed by atoms with van der Waals surface area (Å²) in [7, 11) is 1.73. The number of halogens is 9. The van der Waals surface area contributed by atoms with Crippen LogP contribution in [0.4, 0.5) is 39.5 Å². The number of carbonyl (C=O) groups excluding carboxylic acids is 2. The van der Waals surface area contributed by atoms with Crippen molar-refractivity contribution in [3.8, 4) is 0 Å². The Bertz CT molecular complexity index is 1580. The minimum absolute atomic E-state index is 0.0205. The van der Waals surface area contributed by atoms with E-state index in [1.807, 2.05) is 6.92 Å². The van der Waals surface area contributed by atoms with Gasteiger partial charge in [-0.05, 0) is 159 Å². The minimum atomic E-state index is -4.70. The van der Waals surface area contributed by atoms with Crippen LogP contribution in [0.2, 0.25) is 0 Å². The van der Waals surface area contributed by atoms with E-state index in [4.69, 9.17) is 14.2 Å². The number of hydrogen-bond donors (Lipinski definition) is 2. The molecular formula is C47H73F9O7. The van der Waals surface area contributed by atoms with Gasteiger partial charge in [0.1, 0.15) is 11.2 Å². The molecule has 10 saturated carbocycles. The molecule has 10 aliphatic rings.